The number of nitrogens with zero attached hydrogens (tertiary/aromatic N) is 1. The van der Waals surface area contributed by atoms with Crippen LogP contribution in [0.1, 0.15) is 0 Å². The first-order valence-electron chi connectivity index (χ1n) is 8.15. The van der Waals surface area contributed by atoms with E-state index in [2.05, 4.69) is 5.32 Å². The summed E-state index contributed by atoms with van der Waals surface area (Å²) in [6.07, 6.45) is 0. The number of nitrogens with one attached hydrogen (secondary N) is 1. The highest BCUT2D eigenvalue weighted by atomic mass is 35.5. The molecule has 0 bridgehead atoms. The van der Waals surface area contributed by atoms with E-state index in [0.29, 0.717) is 37.9 Å². The van der Waals surface area contributed by atoms with E-state index in [9.17, 15) is 4.79 Å². The fourth-order valence-electron chi connectivity index (χ4n) is 2.11. The van der Waals surface area contributed by atoms with Crippen molar-refractivity contribution in [3.8, 4) is 11.5 Å². The number of ether oxygens (including phenoxy) is 2. The van der Waals surface area contributed by atoms with Crippen molar-refractivity contribution in [2.45, 2.75) is 0 Å². The Hall–Kier alpha value is -2.24. The summed E-state index contributed by atoms with van der Waals surface area (Å²) in [5, 5.41) is 3.52. The van der Waals surface area contributed by atoms with Gasteiger partial charge in [0.25, 0.3) is 0 Å². The van der Waals surface area contributed by atoms with Gasteiger partial charge in [-0.1, -0.05) is 29.8 Å². The Morgan fingerprint density at radius 1 is 1.00 bits per heavy atom. The van der Waals surface area contributed by atoms with Crippen molar-refractivity contribution >= 4 is 17.5 Å². The van der Waals surface area contributed by atoms with Gasteiger partial charge in [0, 0.05) is 11.6 Å². The molecule has 134 valence electrons. The minimum atomic E-state index is -0.0364. The summed E-state index contributed by atoms with van der Waals surface area (Å²) in [5.41, 5.74) is 0. The molecule has 0 saturated heterocycles. The number of halogens is 1. The highest BCUT2D eigenvalue weighted by Crippen LogP contribution is 2.15. The summed E-state index contributed by atoms with van der Waals surface area (Å²) < 4.78 is 11.1. The number of amides is 1. The summed E-state index contributed by atoms with van der Waals surface area (Å²) in [6, 6.07) is 16.7. The smallest absolute Gasteiger partial charge is 0.234 e. The number of para-hydroxylation sites is 1. The Morgan fingerprint density at radius 2 is 1.64 bits per heavy atom. The maximum Gasteiger partial charge on any atom is 0.234 e. The molecule has 0 aliphatic rings. The zero-order valence-corrected chi connectivity index (χ0v) is 15.0. The van der Waals surface area contributed by atoms with Crippen LogP contribution in [0.15, 0.2) is 54.6 Å². The average molecular weight is 363 g/mol. The molecule has 25 heavy (non-hydrogen) atoms. The van der Waals surface area contributed by atoms with Crippen LogP contribution in [-0.2, 0) is 4.79 Å². The Morgan fingerprint density at radius 3 is 2.36 bits per heavy atom. The molecule has 0 saturated carbocycles. The van der Waals surface area contributed by atoms with Gasteiger partial charge < -0.3 is 14.8 Å². The van der Waals surface area contributed by atoms with Crippen LogP contribution < -0.4 is 14.8 Å². The van der Waals surface area contributed by atoms with Gasteiger partial charge in [-0.05, 0) is 43.4 Å². The van der Waals surface area contributed by atoms with Gasteiger partial charge in [0.05, 0.1) is 13.1 Å². The van der Waals surface area contributed by atoms with E-state index in [1.807, 2.05) is 54.4 Å². The van der Waals surface area contributed by atoms with Crippen molar-refractivity contribution in [1.82, 2.24) is 10.2 Å². The van der Waals surface area contributed by atoms with Crippen LogP contribution in [0.4, 0.5) is 0 Å². The molecular formula is C19H23ClN2O3. The van der Waals surface area contributed by atoms with Gasteiger partial charge in [0.2, 0.25) is 5.91 Å². The molecule has 1 amide bonds. The lowest BCUT2D eigenvalue weighted by atomic mass is 10.3. The van der Waals surface area contributed by atoms with Crippen molar-refractivity contribution in [2.24, 2.45) is 0 Å². The number of carbonyl (C=O) groups excluding carboxylic acids is 1. The Balaban J connectivity index is 1.54. The van der Waals surface area contributed by atoms with E-state index < -0.39 is 0 Å². The van der Waals surface area contributed by atoms with Crippen LogP contribution in [-0.4, -0.2) is 50.7 Å². The molecule has 0 heterocycles. The first kappa shape index (κ1) is 19.1. The largest absolute Gasteiger partial charge is 0.492 e. The molecule has 5 nitrogen and oxygen atoms in total. The van der Waals surface area contributed by atoms with Gasteiger partial charge in [-0.2, -0.15) is 0 Å². The van der Waals surface area contributed by atoms with Crippen molar-refractivity contribution in [3.63, 3.8) is 0 Å². The third-order valence-corrected chi connectivity index (χ3v) is 3.66. The van der Waals surface area contributed by atoms with Gasteiger partial charge in [-0.15, -0.1) is 0 Å². The molecule has 0 aromatic heterocycles. The molecule has 0 unspecified atom stereocenters. The van der Waals surface area contributed by atoms with Crippen LogP contribution in [0.2, 0.25) is 5.02 Å². The molecule has 2 aromatic carbocycles. The Labute approximate surface area is 153 Å². The molecule has 0 radical (unpaired) electrons. The maximum atomic E-state index is 11.9. The number of likely N-dealkylation sites (N-methyl/N-ethyl adjacent to an activating group) is 1. The normalized spacial score (nSPS) is 10.5. The fourth-order valence-corrected chi connectivity index (χ4v) is 2.23. The van der Waals surface area contributed by atoms with Gasteiger partial charge >= 0.3 is 0 Å². The monoisotopic (exact) mass is 362 g/mol. The number of carbonyl (C=O) groups is 1. The van der Waals surface area contributed by atoms with Crippen LogP contribution in [0.3, 0.4) is 0 Å². The fraction of sp³-hybridized carbons (Fsp3) is 0.316. The summed E-state index contributed by atoms with van der Waals surface area (Å²) in [4.78, 5) is 13.8. The van der Waals surface area contributed by atoms with Crippen LogP contribution >= 0.6 is 11.6 Å². The molecule has 6 heteroatoms. The molecule has 1 N–H and O–H groups in total. The second-order valence-corrected chi connectivity index (χ2v) is 5.99. The quantitative estimate of drug-likeness (QED) is 0.660. The van der Waals surface area contributed by atoms with E-state index in [1.54, 1.807) is 12.1 Å². The zero-order chi connectivity index (χ0) is 17.9. The minimum Gasteiger partial charge on any atom is -0.492 e. The molecule has 0 fully saturated rings. The summed E-state index contributed by atoms with van der Waals surface area (Å²) >= 11 is 5.82. The molecule has 0 spiro atoms. The second kappa shape index (κ2) is 10.6. The first-order chi connectivity index (χ1) is 12.1. The van der Waals surface area contributed by atoms with Crippen molar-refractivity contribution < 1.29 is 14.3 Å². The predicted octanol–water partition coefficient (Wildman–Crippen LogP) is 2.85. The molecule has 0 atom stereocenters. The van der Waals surface area contributed by atoms with E-state index in [0.717, 1.165) is 11.5 Å². The third kappa shape index (κ3) is 7.92. The molecule has 2 rings (SSSR count). The number of hydrogen-bond donors (Lipinski definition) is 1. The van der Waals surface area contributed by atoms with E-state index in [4.69, 9.17) is 21.1 Å². The second-order valence-electron chi connectivity index (χ2n) is 5.55. The summed E-state index contributed by atoms with van der Waals surface area (Å²) in [6.45, 7) is 2.39. The number of hydrogen-bond acceptors (Lipinski definition) is 4. The number of rotatable bonds is 10. The van der Waals surface area contributed by atoms with Crippen LogP contribution in [0.5, 0.6) is 11.5 Å². The molecule has 2 aromatic rings. The molecule has 0 aliphatic carbocycles. The highest BCUT2D eigenvalue weighted by Gasteiger charge is 2.06. The lowest BCUT2D eigenvalue weighted by Crippen LogP contribution is -2.38. The zero-order valence-electron chi connectivity index (χ0n) is 14.3. The maximum absolute atomic E-state index is 11.9. The van der Waals surface area contributed by atoms with Gasteiger partial charge in [0.1, 0.15) is 24.7 Å². The summed E-state index contributed by atoms with van der Waals surface area (Å²) in [5.74, 6) is 1.53. The first-order valence-corrected chi connectivity index (χ1v) is 8.53. The van der Waals surface area contributed by atoms with E-state index in [-0.39, 0.29) is 5.91 Å². The standard InChI is InChI=1S/C19H23ClN2O3/c1-22(12-14-25-18-9-7-16(20)8-10-18)15-19(23)21-11-13-24-17-5-3-2-4-6-17/h2-10H,11-15H2,1H3,(H,21,23). The van der Waals surface area contributed by atoms with Gasteiger partial charge in [-0.3, -0.25) is 9.69 Å². The van der Waals surface area contributed by atoms with E-state index in [1.165, 1.54) is 0 Å². The van der Waals surface area contributed by atoms with E-state index >= 15 is 0 Å². The minimum absolute atomic E-state index is 0.0364. The predicted molar refractivity (Wildman–Crippen MR) is 99.4 cm³/mol. The van der Waals surface area contributed by atoms with Crippen molar-refractivity contribution in [2.75, 3.05) is 39.9 Å². The molecular weight excluding hydrogens is 340 g/mol. The average Bonchev–Trinajstić information content (AvgIpc) is 2.61. The Kier molecular flexibility index (Phi) is 8.09. The van der Waals surface area contributed by atoms with Crippen molar-refractivity contribution in [1.29, 1.82) is 0 Å². The van der Waals surface area contributed by atoms with Crippen LogP contribution in [0.25, 0.3) is 0 Å². The highest BCUT2D eigenvalue weighted by molar-refractivity contribution is 6.30. The van der Waals surface area contributed by atoms with Gasteiger partial charge in [-0.25, -0.2) is 0 Å². The molecule has 0 aliphatic heterocycles. The lowest BCUT2D eigenvalue weighted by Gasteiger charge is -2.16. The topological polar surface area (TPSA) is 50.8 Å². The lowest BCUT2D eigenvalue weighted by molar-refractivity contribution is -0.122. The third-order valence-electron chi connectivity index (χ3n) is 3.41. The van der Waals surface area contributed by atoms with Gasteiger partial charge in [0.15, 0.2) is 0 Å². The summed E-state index contributed by atoms with van der Waals surface area (Å²) in [7, 11) is 1.88. The number of benzene rings is 2. The van der Waals surface area contributed by atoms with Crippen molar-refractivity contribution in [3.05, 3.63) is 59.6 Å². The Bertz CT molecular complexity index is 635. The SMILES string of the molecule is CN(CCOc1ccc(Cl)cc1)CC(=O)NCCOc1ccccc1. The van der Waals surface area contributed by atoms with Crippen LogP contribution in [0, 0.1) is 0 Å².